The second-order valence-corrected chi connectivity index (χ2v) is 8.32. The van der Waals surface area contributed by atoms with Gasteiger partial charge in [0.2, 0.25) is 5.91 Å². The number of hydrogen-bond donors (Lipinski definition) is 0. The van der Waals surface area contributed by atoms with Crippen LogP contribution in [0.1, 0.15) is 37.9 Å². The molecule has 0 N–H and O–H groups in total. The van der Waals surface area contributed by atoms with E-state index in [1.54, 1.807) is 30.0 Å². The van der Waals surface area contributed by atoms with Crippen molar-refractivity contribution in [1.29, 1.82) is 0 Å². The molecular weight excluding hydrogens is 379 g/mol. The molecule has 1 aromatic heterocycles. The number of amides is 1. The molecule has 0 atom stereocenters. The number of carbonyl (C=O) groups excluding carboxylic acids is 1. The smallest absolute Gasteiger partial charge is 0.230 e. The molecule has 27 heavy (non-hydrogen) atoms. The number of rotatable bonds is 6. The first-order valence-corrected chi connectivity index (χ1v) is 10.5. The van der Waals surface area contributed by atoms with Gasteiger partial charge in [0.1, 0.15) is 5.82 Å². The van der Waals surface area contributed by atoms with Gasteiger partial charge in [-0.3, -0.25) is 9.69 Å². The summed E-state index contributed by atoms with van der Waals surface area (Å²) >= 11 is 3.04. The molecule has 0 fully saturated rings. The van der Waals surface area contributed by atoms with Crippen LogP contribution in [-0.4, -0.2) is 10.9 Å². The van der Waals surface area contributed by atoms with E-state index in [4.69, 9.17) is 0 Å². The number of anilines is 2. The van der Waals surface area contributed by atoms with Crippen molar-refractivity contribution >= 4 is 39.8 Å². The minimum absolute atomic E-state index is 0.225. The fourth-order valence-electron chi connectivity index (χ4n) is 2.61. The number of thiazole rings is 1. The fourth-order valence-corrected chi connectivity index (χ4v) is 4.39. The van der Waals surface area contributed by atoms with Crippen LogP contribution in [0.4, 0.5) is 15.2 Å². The molecule has 6 heteroatoms. The topological polar surface area (TPSA) is 33.2 Å². The van der Waals surface area contributed by atoms with Crippen LogP contribution in [-0.2, 0) is 10.5 Å². The van der Waals surface area contributed by atoms with Crippen molar-refractivity contribution in [3.63, 3.8) is 0 Å². The lowest BCUT2D eigenvalue weighted by Gasteiger charge is -2.18. The van der Waals surface area contributed by atoms with Crippen molar-refractivity contribution in [2.45, 2.75) is 37.3 Å². The first kappa shape index (κ1) is 19.6. The van der Waals surface area contributed by atoms with E-state index in [0.717, 1.165) is 5.69 Å². The van der Waals surface area contributed by atoms with Crippen molar-refractivity contribution in [1.82, 2.24) is 4.98 Å². The average molecular weight is 401 g/mol. The zero-order valence-electron chi connectivity index (χ0n) is 15.5. The lowest BCUT2D eigenvalue weighted by atomic mass is 10.0. The summed E-state index contributed by atoms with van der Waals surface area (Å²) in [6, 6.07) is 14.8. The third-order valence-electron chi connectivity index (χ3n) is 4.07. The molecule has 0 aliphatic carbocycles. The normalized spacial score (nSPS) is 11.0. The van der Waals surface area contributed by atoms with E-state index in [9.17, 15) is 9.18 Å². The van der Waals surface area contributed by atoms with Gasteiger partial charge < -0.3 is 0 Å². The van der Waals surface area contributed by atoms with Crippen LogP contribution in [0.3, 0.4) is 0 Å². The Balaban J connectivity index is 1.73. The van der Waals surface area contributed by atoms with Crippen LogP contribution in [0.25, 0.3) is 0 Å². The summed E-state index contributed by atoms with van der Waals surface area (Å²) < 4.78 is 14.1. The maximum absolute atomic E-state index is 14.1. The number of hydrogen-bond acceptors (Lipinski definition) is 4. The molecule has 0 saturated heterocycles. The van der Waals surface area contributed by atoms with Gasteiger partial charge in [0, 0.05) is 23.0 Å². The summed E-state index contributed by atoms with van der Waals surface area (Å²) in [7, 11) is 0. The summed E-state index contributed by atoms with van der Waals surface area (Å²) in [5.74, 6) is 0.503. The fraction of sp³-hybridized carbons (Fsp3) is 0.238. The van der Waals surface area contributed by atoms with Gasteiger partial charge in [-0.1, -0.05) is 38.1 Å². The molecule has 0 radical (unpaired) electrons. The van der Waals surface area contributed by atoms with Crippen molar-refractivity contribution in [2.75, 3.05) is 4.90 Å². The maximum Gasteiger partial charge on any atom is 0.230 e. The Hall–Kier alpha value is -2.18. The molecule has 3 aromatic rings. The van der Waals surface area contributed by atoms with Gasteiger partial charge in [0.25, 0.3) is 0 Å². The summed E-state index contributed by atoms with van der Waals surface area (Å²) in [6.45, 7) is 5.77. The number of benzene rings is 2. The van der Waals surface area contributed by atoms with Gasteiger partial charge in [0.15, 0.2) is 5.13 Å². The summed E-state index contributed by atoms with van der Waals surface area (Å²) in [5, 5.41) is 2.40. The van der Waals surface area contributed by atoms with Crippen LogP contribution in [0.15, 0.2) is 58.8 Å². The average Bonchev–Trinajstić information content (AvgIpc) is 3.10. The Morgan fingerprint density at radius 2 is 1.89 bits per heavy atom. The number of nitrogens with zero attached hydrogens (tertiary/aromatic N) is 2. The Kier molecular flexibility index (Phi) is 6.29. The minimum atomic E-state index is -0.441. The molecule has 0 saturated carbocycles. The van der Waals surface area contributed by atoms with E-state index in [0.29, 0.717) is 16.8 Å². The first-order valence-electron chi connectivity index (χ1n) is 8.68. The summed E-state index contributed by atoms with van der Waals surface area (Å²) in [4.78, 5) is 19.1. The van der Waals surface area contributed by atoms with E-state index < -0.39 is 5.82 Å². The second kappa shape index (κ2) is 8.67. The van der Waals surface area contributed by atoms with E-state index in [-0.39, 0.29) is 11.6 Å². The molecule has 0 unspecified atom stereocenters. The Labute approximate surface area is 167 Å². The molecule has 2 aromatic carbocycles. The lowest BCUT2D eigenvalue weighted by molar-refractivity contribution is -0.115. The van der Waals surface area contributed by atoms with Crippen molar-refractivity contribution in [3.05, 3.63) is 71.0 Å². The first-order chi connectivity index (χ1) is 13.0. The highest BCUT2D eigenvalue weighted by molar-refractivity contribution is 7.98. The van der Waals surface area contributed by atoms with Crippen LogP contribution in [0.2, 0.25) is 0 Å². The minimum Gasteiger partial charge on any atom is -0.274 e. The second-order valence-electron chi connectivity index (χ2n) is 6.44. The van der Waals surface area contributed by atoms with Gasteiger partial charge in [0.05, 0.1) is 11.4 Å². The molecule has 0 bridgehead atoms. The molecule has 3 rings (SSSR count). The van der Waals surface area contributed by atoms with Crippen LogP contribution < -0.4 is 4.90 Å². The molecule has 1 heterocycles. The van der Waals surface area contributed by atoms with Gasteiger partial charge in [-0.2, -0.15) is 0 Å². The Morgan fingerprint density at radius 3 is 2.52 bits per heavy atom. The standard InChI is InChI=1S/C21H21FN2OS2/c1-14(2)16-8-10-18(11-9-16)26-12-17-13-27-21(23-17)24(15(3)25)20-7-5-4-6-19(20)22/h4-11,13-14H,12H2,1-3H3. The van der Waals surface area contributed by atoms with E-state index in [1.165, 1.54) is 39.7 Å². The number of para-hydroxylation sites is 1. The van der Waals surface area contributed by atoms with Gasteiger partial charge in [-0.25, -0.2) is 9.37 Å². The predicted molar refractivity (Wildman–Crippen MR) is 111 cm³/mol. The van der Waals surface area contributed by atoms with Crippen molar-refractivity contribution in [2.24, 2.45) is 0 Å². The molecule has 1 amide bonds. The van der Waals surface area contributed by atoms with Gasteiger partial charge in [-0.15, -0.1) is 23.1 Å². The van der Waals surface area contributed by atoms with Crippen molar-refractivity contribution in [3.8, 4) is 0 Å². The molecule has 0 aliphatic rings. The molecule has 140 valence electrons. The largest absolute Gasteiger partial charge is 0.274 e. The molecule has 3 nitrogen and oxygen atoms in total. The third-order valence-corrected chi connectivity index (χ3v) is 5.99. The summed E-state index contributed by atoms with van der Waals surface area (Å²) in [5.41, 5.74) is 2.41. The van der Waals surface area contributed by atoms with Crippen LogP contribution in [0, 0.1) is 5.82 Å². The highest BCUT2D eigenvalue weighted by Gasteiger charge is 2.20. The number of thioether (sulfide) groups is 1. The Morgan fingerprint density at radius 1 is 1.19 bits per heavy atom. The quantitative estimate of drug-likeness (QED) is 0.450. The van der Waals surface area contributed by atoms with Gasteiger partial charge >= 0.3 is 0 Å². The van der Waals surface area contributed by atoms with Crippen LogP contribution in [0.5, 0.6) is 0 Å². The number of carbonyl (C=O) groups is 1. The monoisotopic (exact) mass is 400 g/mol. The lowest BCUT2D eigenvalue weighted by Crippen LogP contribution is -2.23. The molecule has 0 spiro atoms. The maximum atomic E-state index is 14.1. The SMILES string of the molecule is CC(=O)N(c1nc(CSc2ccc(C(C)C)cc2)cs1)c1ccccc1F. The summed E-state index contributed by atoms with van der Waals surface area (Å²) in [6.07, 6.45) is 0. The van der Waals surface area contributed by atoms with E-state index in [1.807, 2.05) is 5.38 Å². The van der Waals surface area contributed by atoms with Crippen molar-refractivity contribution < 1.29 is 9.18 Å². The molecule has 0 aliphatic heterocycles. The number of aromatic nitrogens is 1. The zero-order chi connectivity index (χ0) is 19.4. The molecular formula is C21H21FN2OS2. The number of halogens is 1. The highest BCUT2D eigenvalue weighted by atomic mass is 32.2. The zero-order valence-corrected chi connectivity index (χ0v) is 17.1. The van der Waals surface area contributed by atoms with E-state index >= 15 is 0 Å². The Bertz CT molecular complexity index is 922. The third kappa shape index (κ3) is 4.76. The highest BCUT2D eigenvalue weighted by Crippen LogP contribution is 2.32. The van der Waals surface area contributed by atoms with Gasteiger partial charge in [-0.05, 0) is 35.7 Å². The van der Waals surface area contributed by atoms with Crippen LogP contribution >= 0.6 is 23.1 Å². The predicted octanol–water partition coefficient (Wildman–Crippen LogP) is 6.38. The van der Waals surface area contributed by atoms with E-state index in [2.05, 4.69) is 43.1 Å².